The predicted molar refractivity (Wildman–Crippen MR) is 70.8 cm³/mol. The molecule has 0 aliphatic carbocycles. The van der Waals surface area contributed by atoms with E-state index in [2.05, 4.69) is 4.90 Å². The predicted octanol–water partition coefficient (Wildman–Crippen LogP) is 0.316. The Labute approximate surface area is 112 Å². The average Bonchev–Trinajstić information content (AvgIpc) is 2.93. The Kier molecular flexibility index (Phi) is 3.08. The molecule has 1 aromatic rings. The van der Waals surface area contributed by atoms with Crippen molar-refractivity contribution in [2.75, 3.05) is 26.2 Å². The van der Waals surface area contributed by atoms with E-state index >= 15 is 0 Å². The van der Waals surface area contributed by atoms with Gasteiger partial charge < -0.3 is 5.73 Å². The van der Waals surface area contributed by atoms with Crippen LogP contribution in [0.15, 0.2) is 24.3 Å². The van der Waals surface area contributed by atoms with Crippen molar-refractivity contribution < 1.29 is 9.59 Å². The second kappa shape index (κ2) is 4.75. The highest BCUT2D eigenvalue weighted by Crippen LogP contribution is 2.22. The molecule has 2 amide bonds. The number of nitrogens with two attached hydrogens (primary N) is 1. The van der Waals surface area contributed by atoms with Crippen LogP contribution in [0.4, 0.5) is 0 Å². The molecule has 19 heavy (non-hydrogen) atoms. The monoisotopic (exact) mass is 259 g/mol. The molecule has 1 atom stereocenters. The van der Waals surface area contributed by atoms with Crippen molar-refractivity contribution >= 4 is 11.8 Å². The first-order valence-corrected chi connectivity index (χ1v) is 6.60. The highest BCUT2D eigenvalue weighted by Gasteiger charge is 2.35. The van der Waals surface area contributed by atoms with Gasteiger partial charge in [-0.2, -0.15) is 0 Å². The summed E-state index contributed by atoms with van der Waals surface area (Å²) < 4.78 is 0. The summed E-state index contributed by atoms with van der Waals surface area (Å²) in [6, 6.07) is 7.21. The Morgan fingerprint density at radius 2 is 1.74 bits per heavy atom. The third-order valence-corrected chi connectivity index (χ3v) is 3.83. The number of nitrogens with zero attached hydrogens (tertiary/aromatic N) is 2. The summed E-state index contributed by atoms with van der Waals surface area (Å²) in [5.41, 5.74) is 6.88. The summed E-state index contributed by atoms with van der Waals surface area (Å²) in [4.78, 5) is 27.8. The molecule has 0 radical (unpaired) electrons. The number of hydrogen-bond acceptors (Lipinski definition) is 4. The van der Waals surface area contributed by atoms with E-state index in [0.717, 1.165) is 19.5 Å². The van der Waals surface area contributed by atoms with Crippen LogP contribution in [0.2, 0.25) is 0 Å². The lowest BCUT2D eigenvalue weighted by Crippen LogP contribution is -2.38. The van der Waals surface area contributed by atoms with E-state index in [1.807, 2.05) is 0 Å². The molecule has 2 N–H and O–H groups in total. The third kappa shape index (κ3) is 2.15. The van der Waals surface area contributed by atoms with E-state index in [0.29, 0.717) is 24.2 Å². The zero-order valence-electron chi connectivity index (χ0n) is 10.7. The van der Waals surface area contributed by atoms with Crippen LogP contribution < -0.4 is 5.73 Å². The number of hydrogen-bond donors (Lipinski definition) is 1. The number of carbonyl (C=O) groups excluding carboxylic acids is 2. The largest absolute Gasteiger partial charge is 0.326 e. The first kappa shape index (κ1) is 12.3. The van der Waals surface area contributed by atoms with Crippen LogP contribution in [-0.2, 0) is 0 Å². The van der Waals surface area contributed by atoms with Crippen LogP contribution in [0, 0.1) is 0 Å². The molecule has 1 fully saturated rings. The molecular formula is C14H17N3O2. The highest BCUT2D eigenvalue weighted by atomic mass is 16.2. The fourth-order valence-electron chi connectivity index (χ4n) is 2.75. The Balaban J connectivity index is 1.67. The van der Waals surface area contributed by atoms with Crippen molar-refractivity contribution in [2.24, 2.45) is 5.73 Å². The quantitative estimate of drug-likeness (QED) is 0.794. The van der Waals surface area contributed by atoms with Crippen molar-refractivity contribution in [1.29, 1.82) is 0 Å². The molecule has 3 rings (SSSR count). The van der Waals surface area contributed by atoms with Gasteiger partial charge in [0.2, 0.25) is 0 Å². The minimum absolute atomic E-state index is 0.177. The first-order valence-electron chi connectivity index (χ1n) is 6.60. The van der Waals surface area contributed by atoms with Gasteiger partial charge in [0.05, 0.1) is 11.1 Å². The van der Waals surface area contributed by atoms with Gasteiger partial charge in [-0.25, -0.2) is 0 Å². The molecule has 100 valence electrons. The Hall–Kier alpha value is -1.72. The lowest BCUT2D eigenvalue weighted by molar-refractivity contribution is 0.0640. The molecule has 2 heterocycles. The number of carbonyl (C=O) groups is 2. The summed E-state index contributed by atoms with van der Waals surface area (Å²) in [5, 5.41) is 0. The van der Waals surface area contributed by atoms with Crippen LogP contribution in [0.3, 0.4) is 0 Å². The van der Waals surface area contributed by atoms with Crippen molar-refractivity contribution in [1.82, 2.24) is 9.80 Å². The summed E-state index contributed by atoms with van der Waals surface area (Å²) in [7, 11) is 0. The van der Waals surface area contributed by atoms with Gasteiger partial charge in [0.15, 0.2) is 0 Å². The second-order valence-corrected chi connectivity index (χ2v) is 5.16. The summed E-state index contributed by atoms with van der Waals surface area (Å²) in [5.74, 6) is -0.354. The maximum atomic E-state index is 12.1. The molecule has 1 aromatic carbocycles. The van der Waals surface area contributed by atoms with Crippen molar-refractivity contribution in [3.63, 3.8) is 0 Å². The molecule has 0 saturated carbocycles. The zero-order valence-corrected chi connectivity index (χ0v) is 10.7. The highest BCUT2D eigenvalue weighted by molar-refractivity contribution is 6.21. The Morgan fingerprint density at radius 1 is 1.11 bits per heavy atom. The zero-order chi connectivity index (χ0) is 13.4. The molecule has 5 nitrogen and oxygen atoms in total. The van der Waals surface area contributed by atoms with Gasteiger partial charge in [-0.05, 0) is 25.1 Å². The molecule has 2 aliphatic rings. The number of benzene rings is 1. The molecule has 0 spiro atoms. The van der Waals surface area contributed by atoms with E-state index in [1.165, 1.54) is 4.90 Å². The second-order valence-electron chi connectivity index (χ2n) is 5.16. The molecular weight excluding hydrogens is 242 g/mol. The average molecular weight is 259 g/mol. The SMILES string of the molecule is N[C@@H]1CCN(CCN2C(=O)c3ccccc3C2=O)C1. The van der Waals surface area contributed by atoms with Gasteiger partial charge >= 0.3 is 0 Å². The number of rotatable bonds is 3. The van der Waals surface area contributed by atoms with E-state index in [4.69, 9.17) is 5.73 Å². The first-order chi connectivity index (χ1) is 9.16. The molecule has 0 unspecified atom stereocenters. The van der Waals surface area contributed by atoms with E-state index in [9.17, 15) is 9.59 Å². The van der Waals surface area contributed by atoms with Crippen LogP contribution in [0.5, 0.6) is 0 Å². The van der Waals surface area contributed by atoms with Crippen molar-refractivity contribution in [2.45, 2.75) is 12.5 Å². The van der Waals surface area contributed by atoms with Gasteiger partial charge in [0.1, 0.15) is 0 Å². The van der Waals surface area contributed by atoms with Gasteiger partial charge in [0.25, 0.3) is 11.8 Å². The van der Waals surface area contributed by atoms with Gasteiger partial charge in [-0.1, -0.05) is 12.1 Å². The summed E-state index contributed by atoms with van der Waals surface area (Å²) in [6.45, 7) is 2.95. The van der Waals surface area contributed by atoms with E-state index in [-0.39, 0.29) is 17.9 Å². The normalized spacial score (nSPS) is 23.2. The van der Waals surface area contributed by atoms with E-state index < -0.39 is 0 Å². The fourth-order valence-corrected chi connectivity index (χ4v) is 2.75. The maximum Gasteiger partial charge on any atom is 0.261 e. The van der Waals surface area contributed by atoms with Gasteiger partial charge in [-0.15, -0.1) is 0 Å². The molecule has 0 aromatic heterocycles. The van der Waals surface area contributed by atoms with Crippen LogP contribution in [-0.4, -0.2) is 53.8 Å². The van der Waals surface area contributed by atoms with E-state index in [1.54, 1.807) is 24.3 Å². The standard InChI is InChI=1S/C14H17N3O2/c15-10-5-6-16(9-10)7-8-17-13(18)11-3-1-2-4-12(11)14(17)19/h1-4,10H,5-9,15H2/t10-/m1/s1. The number of likely N-dealkylation sites (tertiary alicyclic amines) is 1. The lowest BCUT2D eigenvalue weighted by Gasteiger charge is -2.19. The number of amides is 2. The summed E-state index contributed by atoms with van der Waals surface area (Å²) >= 11 is 0. The van der Waals surface area contributed by atoms with Crippen LogP contribution >= 0.6 is 0 Å². The number of fused-ring (bicyclic) bond motifs is 1. The minimum atomic E-state index is -0.177. The van der Waals surface area contributed by atoms with Gasteiger partial charge in [0, 0.05) is 25.7 Å². The van der Waals surface area contributed by atoms with Crippen LogP contribution in [0.25, 0.3) is 0 Å². The number of imide groups is 1. The molecule has 2 aliphatic heterocycles. The van der Waals surface area contributed by atoms with Crippen LogP contribution in [0.1, 0.15) is 27.1 Å². The summed E-state index contributed by atoms with van der Waals surface area (Å²) in [6.07, 6.45) is 0.988. The smallest absolute Gasteiger partial charge is 0.261 e. The van der Waals surface area contributed by atoms with Crippen molar-refractivity contribution in [3.05, 3.63) is 35.4 Å². The fraction of sp³-hybridized carbons (Fsp3) is 0.429. The van der Waals surface area contributed by atoms with Gasteiger partial charge in [-0.3, -0.25) is 19.4 Å². The molecule has 0 bridgehead atoms. The Bertz CT molecular complexity index is 494. The minimum Gasteiger partial charge on any atom is -0.326 e. The molecule has 5 heteroatoms. The topological polar surface area (TPSA) is 66.6 Å². The lowest BCUT2D eigenvalue weighted by atomic mass is 10.1. The maximum absolute atomic E-state index is 12.1. The Morgan fingerprint density at radius 3 is 2.26 bits per heavy atom. The van der Waals surface area contributed by atoms with Crippen molar-refractivity contribution in [3.8, 4) is 0 Å². The third-order valence-electron chi connectivity index (χ3n) is 3.83. The molecule has 1 saturated heterocycles.